The van der Waals surface area contributed by atoms with Gasteiger partial charge in [-0.1, -0.05) is 28.1 Å². The van der Waals surface area contributed by atoms with Crippen LogP contribution in [0.1, 0.15) is 26.3 Å². The van der Waals surface area contributed by atoms with E-state index in [1.54, 1.807) is 32.9 Å². The predicted molar refractivity (Wildman–Crippen MR) is 99.4 cm³/mol. The number of carbonyl (C=O) groups is 3. The van der Waals surface area contributed by atoms with Crippen LogP contribution in [-0.2, 0) is 34.0 Å². The van der Waals surface area contributed by atoms with Crippen molar-refractivity contribution in [3.8, 4) is 6.07 Å². The van der Waals surface area contributed by atoms with E-state index >= 15 is 0 Å². The minimum absolute atomic E-state index is 0.142. The maximum atomic E-state index is 13.1. The van der Waals surface area contributed by atoms with Gasteiger partial charge in [-0.25, -0.2) is 14.4 Å². The number of hydrogen-bond donors (Lipinski definition) is 0. The number of methoxy groups -OCH3 is 2. The van der Waals surface area contributed by atoms with Crippen molar-refractivity contribution in [2.75, 3.05) is 14.2 Å². The highest BCUT2D eigenvalue weighted by Crippen LogP contribution is 2.36. The SMILES string of the molecule is COC(=O)/C=C(\C(=O)OC)[C@@](C#N)(C(=O)OC(C)(C)C)c1ccc(Br)cc1. The first-order valence-electron chi connectivity index (χ1n) is 7.81. The highest BCUT2D eigenvalue weighted by atomic mass is 79.9. The van der Waals surface area contributed by atoms with Crippen LogP contribution in [0.15, 0.2) is 40.4 Å². The molecule has 27 heavy (non-hydrogen) atoms. The van der Waals surface area contributed by atoms with Crippen molar-refractivity contribution in [1.29, 1.82) is 5.26 Å². The molecule has 0 aliphatic rings. The normalized spacial score (nSPS) is 13.7. The molecule has 1 aromatic rings. The van der Waals surface area contributed by atoms with Crippen molar-refractivity contribution < 1.29 is 28.6 Å². The summed E-state index contributed by atoms with van der Waals surface area (Å²) in [4.78, 5) is 37.3. The van der Waals surface area contributed by atoms with Gasteiger partial charge < -0.3 is 14.2 Å². The molecule has 0 N–H and O–H groups in total. The van der Waals surface area contributed by atoms with Gasteiger partial charge in [0.05, 0.1) is 25.9 Å². The Morgan fingerprint density at radius 1 is 1.07 bits per heavy atom. The smallest absolute Gasteiger partial charge is 0.336 e. The largest absolute Gasteiger partial charge is 0.466 e. The molecule has 1 aromatic carbocycles. The zero-order valence-electron chi connectivity index (χ0n) is 15.7. The van der Waals surface area contributed by atoms with Crippen LogP contribution in [0.3, 0.4) is 0 Å². The molecule has 0 radical (unpaired) electrons. The molecule has 8 heteroatoms. The van der Waals surface area contributed by atoms with E-state index in [1.165, 1.54) is 12.1 Å². The van der Waals surface area contributed by atoms with Gasteiger partial charge >= 0.3 is 17.9 Å². The maximum Gasteiger partial charge on any atom is 0.336 e. The summed E-state index contributed by atoms with van der Waals surface area (Å²) in [5, 5.41) is 10.0. The van der Waals surface area contributed by atoms with E-state index in [-0.39, 0.29) is 5.56 Å². The molecule has 0 bridgehead atoms. The third kappa shape index (κ3) is 5.17. The van der Waals surface area contributed by atoms with Gasteiger partial charge in [-0.15, -0.1) is 0 Å². The van der Waals surface area contributed by atoms with E-state index in [1.807, 2.05) is 6.07 Å². The van der Waals surface area contributed by atoms with Crippen LogP contribution in [0.5, 0.6) is 0 Å². The summed E-state index contributed by atoms with van der Waals surface area (Å²) in [6, 6.07) is 8.00. The van der Waals surface area contributed by atoms with E-state index in [2.05, 4.69) is 20.7 Å². The zero-order valence-corrected chi connectivity index (χ0v) is 17.2. The van der Waals surface area contributed by atoms with Crippen LogP contribution in [0, 0.1) is 11.3 Å². The van der Waals surface area contributed by atoms with Gasteiger partial charge in [-0.05, 0) is 38.5 Å². The molecule has 0 unspecified atom stereocenters. The summed E-state index contributed by atoms with van der Waals surface area (Å²) in [6.45, 7) is 4.86. The van der Waals surface area contributed by atoms with E-state index in [9.17, 15) is 19.6 Å². The fourth-order valence-electron chi connectivity index (χ4n) is 2.22. The minimum atomic E-state index is -2.23. The predicted octanol–water partition coefficient (Wildman–Crippen LogP) is 2.82. The fourth-order valence-corrected chi connectivity index (χ4v) is 2.48. The number of benzene rings is 1. The number of rotatable bonds is 5. The molecule has 0 saturated heterocycles. The highest BCUT2D eigenvalue weighted by Gasteiger charge is 2.51. The number of esters is 3. The summed E-state index contributed by atoms with van der Waals surface area (Å²) in [6.07, 6.45) is 0.765. The van der Waals surface area contributed by atoms with Crippen molar-refractivity contribution in [3.63, 3.8) is 0 Å². The lowest BCUT2D eigenvalue weighted by Gasteiger charge is -2.30. The second-order valence-corrected chi connectivity index (χ2v) is 7.36. The fraction of sp³-hybridized carbons (Fsp3) is 0.368. The third-order valence-corrected chi connectivity index (χ3v) is 3.95. The number of hydrogen-bond acceptors (Lipinski definition) is 7. The van der Waals surface area contributed by atoms with E-state index in [0.717, 1.165) is 20.3 Å². The molecule has 7 nitrogen and oxygen atoms in total. The van der Waals surface area contributed by atoms with Gasteiger partial charge in [0.2, 0.25) is 5.41 Å². The first-order chi connectivity index (χ1) is 12.5. The Bertz CT molecular complexity index is 801. The molecule has 0 saturated carbocycles. The second-order valence-electron chi connectivity index (χ2n) is 6.44. The van der Waals surface area contributed by atoms with Crippen molar-refractivity contribution in [2.24, 2.45) is 0 Å². The molecule has 0 spiro atoms. The molecule has 0 amide bonds. The number of halogens is 1. The number of nitriles is 1. The Morgan fingerprint density at radius 3 is 2.04 bits per heavy atom. The van der Waals surface area contributed by atoms with Gasteiger partial charge in [-0.3, -0.25) is 0 Å². The molecule has 144 valence electrons. The Hall–Kier alpha value is -2.66. The average molecular weight is 438 g/mol. The molecule has 0 heterocycles. The summed E-state index contributed by atoms with van der Waals surface area (Å²) >= 11 is 3.27. The Labute approximate surface area is 166 Å². The molecular formula is C19H20BrNO6. The maximum absolute atomic E-state index is 13.1. The number of carbonyl (C=O) groups excluding carboxylic acids is 3. The Kier molecular flexibility index (Phi) is 7.31. The van der Waals surface area contributed by atoms with Gasteiger partial charge in [0.15, 0.2) is 0 Å². The van der Waals surface area contributed by atoms with E-state index in [0.29, 0.717) is 4.47 Å². The molecule has 1 atom stereocenters. The summed E-state index contributed by atoms with van der Waals surface area (Å²) < 4.78 is 15.4. The third-order valence-electron chi connectivity index (χ3n) is 3.42. The quantitative estimate of drug-likeness (QED) is 0.396. The van der Waals surface area contributed by atoms with E-state index in [4.69, 9.17) is 9.47 Å². The Balaban J connectivity index is 3.83. The van der Waals surface area contributed by atoms with Crippen LogP contribution in [-0.4, -0.2) is 37.7 Å². The van der Waals surface area contributed by atoms with Gasteiger partial charge in [0.25, 0.3) is 0 Å². The Morgan fingerprint density at radius 2 is 1.63 bits per heavy atom. The highest BCUT2D eigenvalue weighted by molar-refractivity contribution is 9.10. The minimum Gasteiger partial charge on any atom is -0.466 e. The number of ether oxygens (including phenoxy) is 3. The molecule has 0 aromatic heterocycles. The summed E-state index contributed by atoms with van der Waals surface area (Å²) in [7, 11) is 2.18. The molecule has 0 fully saturated rings. The molecule has 1 rings (SSSR count). The monoisotopic (exact) mass is 437 g/mol. The van der Waals surface area contributed by atoms with Crippen molar-refractivity contribution >= 4 is 33.8 Å². The summed E-state index contributed by atoms with van der Waals surface area (Å²) in [5.41, 5.74) is -3.53. The van der Waals surface area contributed by atoms with Gasteiger partial charge in [0, 0.05) is 10.5 Å². The first-order valence-corrected chi connectivity index (χ1v) is 8.60. The second kappa shape index (κ2) is 8.82. The van der Waals surface area contributed by atoms with Gasteiger partial charge in [-0.2, -0.15) is 5.26 Å². The van der Waals surface area contributed by atoms with Crippen LogP contribution in [0.4, 0.5) is 0 Å². The van der Waals surface area contributed by atoms with Crippen molar-refractivity contribution in [1.82, 2.24) is 0 Å². The first kappa shape index (κ1) is 22.4. The van der Waals surface area contributed by atoms with Crippen LogP contribution in [0.2, 0.25) is 0 Å². The van der Waals surface area contributed by atoms with Crippen LogP contribution < -0.4 is 0 Å². The van der Waals surface area contributed by atoms with E-state index < -0.39 is 34.5 Å². The lowest BCUT2D eigenvalue weighted by Crippen LogP contribution is -2.44. The van der Waals surface area contributed by atoms with Gasteiger partial charge in [0.1, 0.15) is 5.60 Å². The van der Waals surface area contributed by atoms with Crippen molar-refractivity contribution in [2.45, 2.75) is 31.8 Å². The lowest BCUT2D eigenvalue weighted by atomic mass is 9.74. The lowest BCUT2D eigenvalue weighted by molar-refractivity contribution is -0.160. The molecule has 0 aliphatic carbocycles. The average Bonchev–Trinajstić information content (AvgIpc) is 2.60. The van der Waals surface area contributed by atoms with Crippen LogP contribution in [0.25, 0.3) is 0 Å². The van der Waals surface area contributed by atoms with Crippen LogP contribution >= 0.6 is 15.9 Å². The van der Waals surface area contributed by atoms with Crippen molar-refractivity contribution in [3.05, 3.63) is 46.0 Å². The molecular weight excluding hydrogens is 418 g/mol. The summed E-state index contributed by atoms with van der Waals surface area (Å²) in [5.74, 6) is -2.97. The molecule has 0 aliphatic heterocycles. The topological polar surface area (TPSA) is 103 Å². The standard InChI is InChI=1S/C19H20BrNO6/c1-18(2,3)27-17(24)19(11-21,12-6-8-13(20)9-7-12)14(16(23)26-5)10-15(22)25-4/h6-10H,1-5H3/b14-10+/t19-/m0/s1. The zero-order chi connectivity index (χ0) is 20.8. The number of nitrogens with zero attached hydrogens (tertiary/aromatic N) is 1.